The summed E-state index contributed by atoms with van der Waals surface area (Å²) in [6.07, 6.45) is 8.96. The molecule has 0 spiro atoms. The minimum absolute atomic E-state index is 0.637. The molecule has 1 aliphatic heterocycles. The van der Waals surface area contributed by atoms with Crippen LogP contribution < -0.4 is 9.80 Å². The Hall–Kier alpha value is -2.77. The van der Waals surface area contributed by atoms with Gasteiger partial charge in [-0.1, -0.05) is 6.42 Å². The number of aromatic amines is 1. The van der Waals surface area contributed by atoms with E-state index in [1.54, 1.807) is 18.9 Å². The Morgan fingerprint density at radius 3 is 2.52 bits per heavy atom. The zero-order chi connectivity index (χ0) is 16.6. The fraction of sp³-hybridized carbons (Fsp3) is 0.471. The lowest BCUT2D eigenvalue weighted by Crippen LogP contribution is -2.47. The maximum atomic E-state index is 4.50. The highest BCUT2D eigenvalue weighted by molar-refractivity contribution is 5.86. The molecule has 128 valence electrons. The topological polar surface area (TPSA) is 86.7 Å². The second-order valence-corrected chi connectivity index (χ2v) is 6.73. The van der Waals surface area contributed by atoms with Crippen molar-refractivity contribution in [1.29, 1.82) is 0 Å². The van der Waals surface area contributed by atoms with E-state index in [0.29, 0.717) is 5.92 Å². The summed E-state index contributed by atoms with van der Waals surface area (Å²) in [7, 11) is 0. The monoisotopic (exact) mass is 336 g/mol. The fourth-order valence-corrected chi connectivity index (χ4v) is 3.61. The van der Waals surface area contributed by atoms with Crippen molar-refractivity contribution in [1.82, 2.24) is 30.1 Å². The summed E-state index contributed by atoms with van der Waals surface area (Å²) in [5.74, 6) is 2.64. The number of piperazine rings is 1. The molecule has 25 heavy (non-hydrogen) atoms. The molecule has 1 saturated heterocycles. The number of hydrogen-bond donors (Lipinski definition) is 1. The average Bonchev–Trinajstić information content (AvgIpc) is 3.09. The largest absolute Gasteiger partial charge is 0.353 e. The zero-order valence-electron chi connectivity index (χ0n) is 14.0. The van der Waals surface area contributed by atoms with Crippen LogP contribution in [0.3, 0.4) is 0 Å². The number of nitrogens with one attached hydrogen (secondary N) is 1. The summed E-state index contributed by atoms with van der Waals surface area (Å²) >= 11 is 0. The SMILES string of the molecule is c1nc(C2CCC2)cc(N2CCN(c3ncnc4[nH]ncc34)CC2)n1. The van der Waals surface area contributed by atoms with Gasteiger partial charge < -0.3 is 9.80 Å². The summed E-state index contributed by atoms with van der Waals surface area (Å²) in [6.45, 7) is 3.65. The smallest absolute Gasteiger partial charge is 0.160 e. The van der Waals surface area contributed by atoms with Crippen LogP contribution in [0.1, 0.15) is 30.9 Å². The molecular formula is C17H20N8. The van der Waals surface area contributed by atoms with E-state index in [9.17, 15) is 0 Å². The number of rotatable bonds is 3. The molecule has 1 saturated carbocycles. The van der Waals surface area contributed by atoms with Gasteiger partial charge in [-0.2, -0.15) is 5.10 Å². The van der Waals surface area contributed by atoms with Gasteiger partial charge in [0, 0.05) is 43.9 Å². The molecule has 0 aromatic carbocycles. The molecule has 4 heterocycles. The van der Waals surface area contributed by atoms with E-state index >= 15 is 0 Å². The van der Waals surface area contributed by atoms with Crippen molar-refractivity contribution in [2.45, 2.75) is 25.2 Å². The summed E-state index contributed by atoms with van der Waals surface area (Å²) in [4.78, 5) is 22.3. The van der Waals surface area contributed by atoms with Crippen LogP contribution in [-0.2, 0) is 0 Å². The normalized spacial score (nSPS) is 18.6. The minimum atomic E-state index is 0.637. The van der Waals surface area contributed by atoms with Crippen LogP contribution in [0.25, 0.3) is 11.0 Å². The van der Waals surface area contributed by atoms with E-state index in [-0.39, 0.29) is 0 Å². The standard InChI is InChI=1S/C17H20N8/c1-2-12(3-1)14-8-15(19-10-18-14)24-4-6-25(7-5-24)17-13-9-22-23-16(13)20-11-21-17/h8-12H,1-7H2,(H,20,21,22,23). The van der Waals surface area contributed by atoms with Crippen LogP contribution in [0.2, 0.25) is 0 Å². The van der Waals surface area contributed by atoms with Gasteiger partial charge in [-0.05, 0) is 12.8 Å². The Kier molecular flexibility index (Phi) is 3.46. The van der Waals surface area contributed by atoms with Gasteiger partial charge in [0.2, 0.25) is 0 Å². The van der Waals surface area contributed by atoms with Crippen LogP contribution in [0, 0.1) is 0 Å². The number of anilines is 2. The zero-order valence-corrected chi connectivity index (χ0v) is 14.0. The second-order valence-electron chi connectivity index (χ2n) is 6.73. The van der Waals surface area contributed by atoms with Gasteiger partial charge in [0.25, 0.3) is 0 Å². The van der Waals surface area contributed by atoms with Crippen LogP contribution in [0.4, 0.5) is 11.6 Å². The van der Waals surface area contributed by atoms with E-state index in [1.165, 1.54) is 25.0 Å². The Morgan fingerprint density at radius 2 is 1.72 bits per heavy atom. The molecule has 0 unspecified atom stereocenters. The third kappa shape index (κ3) is 2.57. The second kappa shape index (κ2) is 5.94. The quantitative estimate of drug-likeness (QED) is 0.779. The first-order chi connectivity index (χ1) is 12.4. The van der Waals surface area contributed by atoms with Gasteiger partial charge in [-0.25, -0.2) is 19.9 Å². The van der Waals surface area contributed by atoms with Gasteiger partial charge in [0.15, 0.2) is 5.65 Å². The average molecular weight is 336 g/mol. The van der Waals surface area contributed by atoms with Gasteiger partial charge in [-0.3, -0.25) is 5.10 Å². The molecule has 3 aromatic rings. The van der Waals surface area contributed by atoms with E-state index in [2.05, 4.69) is 46.0 Å². The number of aromatic nitrogens is 6. The van der Waals surface area contributed by atoms with Crippen molar-refractivity contribution in [3.63, 3.8) is 0 Å². The lowest BCUT2D eigenvalue weighted by molar-refractivity contribution is 0.410. The van der Waals surface area contributed by atoms with Gasteiger partial charge in [0.1, 0.15) is 24.3 Å². The molecule has 8 heteroatoms. The molecule has 5 rings (SSSR count). The molecule has 2 fully saturated rings. The minimum Gasteiger partial charge on any atom is -0.353 e. The van der Waals surface area contributed by atoms with Crippen molar-refractivity contribution in [2.24, 2.45) is 0 Å². The summed E-state index contributed by atoms with van der Waals surface area (Å²) in [5, 5.41) is 7.96. The molecule has 1 aliphatic carbocycles. The Balaban J connectivity index is 1.32. The number of H-pyrrole nitrogens is 1. The lowest BCUT2D eigenvalue weighted by Gasteiger charge is -2.36. The number of nitrogens with zero attached hydrogens (tertiary/aromatic N) is 7. The molecule has 1 N–H and O–H groups in total. The van der Waals surface area contributed by atoms with E-state index in [1.807, 2.05) is 0 Å². The predicted octanol–water partition coefficient (Wildman–Crippen LogP) is 1.74. The van der Waals surface area contributed by atoms with Crippen molar-refractivity contribution >= 4 is 22.7 Å². The molecule has 0 radical (unpaired) electrons. The van der Waals surface area contributed by atoms with Crippen LogP contribution in [-0.4, -0.2) is 56.3 Å². The van der Waals surface area contributed by atoms with Crippen molar-refractivity contribution < 1.29 is 0 Å². The molecule has 2 aliphatic rings. The predicted molar refractivity (Wildman–Crippen MR) is 94.7 cm³/mol. The highest BCUT2D eigenvalue weighted by atomic mass is 15.3. The highest BCUT2D eigenvalue weighted by Crippen LogP contribution is 2.36. The van der Waals surface area contributed by atoms with Gasteiger partial charge in [0.05, 0.1) is 11.6 Å². The highest BCUT2D eigenvalue weighted by Gasteiger charge is 2.24. The van der Waals surface area contributed by atoms with Crippen LogP contribution in [0.5, 0.6) is 0 Å². The Bertz CT molecular complexity index is 879. The summed E-state index contributed by atoms with van der Waals surface area (Å²) in [6, 6.07) is 2.18. The first kappa shape index (κ1) is 14.6. The van der Waals surface area contributed by atoms with Crippen LogP contribution in [0.15, 0.2) is 24.9 Å². The van der Waals surface area contributed by atoms with E-state index in [0.717, 1.165) is 48.8 Å². The first-order valence-corrected chi connectivity index (χ1v) is 8.84. The first-order valence-electron chi connectivity index (χ1n) is 8.84. The molecule has 3 aromatic heterocycles. The van der Waals surface area contributed by atoms with E-state index < -0.39 is 0 Å². The van der Waals surface area contributed by atoms with Crippen molar-refractivity contribution in [2.75, 3.05) is 36.0 Å². The Labute approximate surface area is 145 Å². The third-order valence-electron chi connectivity index (χ3n) is 5.33. The maximum absolute atomic E-state index is 4.50. The van der Waals surface area contributed by atoms with Gasteiger partial charge >= 0.3 is 0 Å². The molecule has 0 amide bonds. The fourth-order valence-electron chi connectivity index (χ4n) is 3.61. The molecule has 8 nitrogen and oxygen atoms in total. The molecular weight excluding hydrogens is 316 g/mol. The van der Waals surface area contributed by atoms with Crippen LogP contribution >= 0.6 is 0 Å². The van der Waals surface area contributed by atoms with Crippen molar-refractivity contribution in [3.05, 3.63) is 30.6 Å². The number of hydrogen-bond acceptors (Lipinski definition) is 7. The third-order valence-corrected chi connectivity index (χ3v) is 5.33. The Morgan fingerprint density at radius 1 is 0.920 bits per heavy atom. The summed E-state index contributed by atoms with van der Waals surface area (Å²) in [5.41, 5.74) is 1.99. The number of fused-ring (bicyclic) bond motifs is 1. The van der Waals surface area contributed by atoms with Gasteiger partial charge in [-0.15, -0.1) is 0 Å². The lowest BCUT2D eigenvalue weighted by atomic mass is 9.83. The summed E-state index contributed by atoms with van der Waals surface area (Å²) < 4.78 is 0. The van der Waals surface area contributed by atoms with Crippen molar-refractivity contribution in [3.8, 4) is 0 Å². The van der Waals surface area contributed by atoms with E-state index in [4.69, 9.17) is 0 Å². The maximum Gasteiger partial charge on any atom is 0.160 e. The molecule has 0 bridgehead atoms. The molecule has 0 atom stereocenters.